The minimum Gasteiger partial charge on any atom is -0.504 e. The minimum atomic E-state index is 0.188. The summed E-state index contributed by atoms with van der Waals surface area (Å²) in [6.07, 6.45) is 3.46. The fraction of sp³-hybridized carbons (Fsp3) is 0.182. The molecule has 1 heterocycles. The first kappa shape index (κ1) is 8.81. The average Bonchev–Trinajstić information content (AvgIpc) is 2.23. The Labute approximate surface area is 82.0 Å². The van der Waals surface area contributed by atoms with Crippen LogP contribution >= 0.6 is 0 Å². The van der Waals surface area contributed by atoms with E-state index in [9.17, 15) is 5.11 Å². The van der Waals surface area contributed by atoms with Gasteiger partial charge in [0.25, 0.3) is 0 Å². The van der Waals surface area contributed by atoms with Crippen molar-refractivity contribution in [3.63, 3.8) is 0 Å². The molecular weight excluding hydrogens is 178 g/mol. The Kier molecular flexibility index (Phi) is 2.00. The second-order valence-electron chi connectivity index (χ2n) is 3.15. The number of aryl methyl sites for hydroxylation is 1. The van der Waals surface area contributed by atoms with Crippen LogP contribution in [-0.2, 0) is 0 Å². The number of hydrogen-bond donors (Lipinski definition) is 1. The fourth-order valence-corrected chi connectivity index (χ4v) is 1.52. The van der Waals surface area contributed by atoms with Crippen LogP contribution in [0.2, 0.25) is 0 Å². The number of fused-ring (bicyclic) bond motifs is 1. The molecule has 72 valence electrons. The molecule has 0 unspecified atom stereocenters. The number of hydrogen-bond acceptors (Lipinski definition) is 3. The highest BCUT2D eigenvalue weighted by Gasteiger charge is 2.08. The first-order valence-electron chi connectivity index (χ1n) is 4.34. The molecule has 3 heteroatoms. The van der Waals surface area contributed by atoms with Gasteiger partial charge in [0.1, 0.15) is 0 Å². The maximum absolute atomic E-state index is 9.74. The number of nitrogens with zero attached hydrogens (tertiary/aromatic N) is 1. The van der Waals surface area contributed by atoms with Gasteiger partial charge in [-0.25, -0.2) is 0 Å². The van der Waals surface area contributed by atoms with Crippen molar-refractivity contribution in [3.05, 3.63) is 30.1 Å². The van der Waals surface area contributed by atoms with Gasteiger partial charge in [-0.3, -0.25) is 4.98 Å². The number of phenols is 1. The standard InChI is InChI=1S/C11H11NO2/c1-7-9-6-12-4-3-8(9)5-10(14-2)11(7)13/h3-6,13H,1-2H3. The largest absolute Gasteiger partial charge is 0.504 e. The molecule has 1 N–H and O–H groups in total. The average molecular weight is 189 g/mol. The molecule has 2 rings (SSSR count). The number of aromatic nitrogens is 1. The number of methoxy groups -OCH3 is 1. The zero-order valence-corrected chi connectivity index (χ0v) is 8.11. The second-order valence-corrected chi connectivity index (χ2v) is 3.15. The lowest BCUT2D eigenvalue weighted by molar-refractivity contribution is 0.373. The Morgan fingerprint density at radius 3 is 2.93 bits per heavy atom. The summed E-state index contributed by atoms with van der Waals surface area (Å²) in [5.74, 6) is 0.689. The predicted molar refractivity (Wildman–Crippen MR) is 54.7 cm³/mol. The van der Waals surface area contributed by atoms with Crippen molar-refractivity contribution in [2.75, 3.05) is 7.11 Å². The van der Waals surface area contributed by atoms with E-state index in [4.69, 9.17) is 4.74 Å². The van der Waals surface area contributed by atoms with E-state index < -0.39 is 0 Å². The maximum Gasteiger partial charge on any atom is 0.161 e. The zero-order chi connectivity index (χ0) is 10.1. The Hall–Kier alpha value is -1.77. The lowest BCUT2D eigenvalue weighted by Crippen LogP contribution is -1.88. The number of phenolic OH excluding ortho intramolecular Hbond substituents is 1. The summed E-state index contributed by atoms with van der Waals surface area (Å²) in [6.45, 7) is 1.85. The van der Waals surface area contributed by atoms with Crippen molar-refractivity contribution in [2.24, 2.45) is 0 Å². The number of rotatable bonds is 1. The number of ether oxygens (including phenoxy) is 1. The molecule has 0 saturated carbocycles. The number of aromatic hydroxyl groups is 1. The molecule has 0 spiro atoms. The third-order valence-corrected chi connectivity index (χ3v) is 2.35. The molecule has 0 atom stereocenters. The quantitative estimate of drug-likeness (QED) is 0.748. The van der Waals surface area contributed by atoms with E-state index in [1.807, 2.05) is 13.0 Å². The Balaban J connectivity index is 2.85. The highest BCUT2D eigenvalue weighted by molar-refractivity contribution is 5.88. The lowest BCUT2D eigenvalue weighted by Gasteiger charge is -2.08. The molecule has 3 nitrogen and oxygen atoms in total. The van der Waals surface area contributed by atoms with Crippen molar-refractivity contribution < 1.29 is 9.84 Å². The summed E-state index contributed by atoms with van der Waals surface area (Å²) in [5.41, 5.74) is 0.799. The van der Waals surface area contributed by atoms with Crippen LogP contribution < -0.4 is 4.74 Å². The van der Waals surface area contributed by atoms with Crippen molar-refractivity contribution in [2.45, 2.75) is 6.92 Å². The van der Waals surface area contributed by atoms with E-state index in [1.54, 1.807) is 25.6 Å². The molecule has 14 heavy (non-hydrogen) atoms. The summed E-state index contributed by atoms with van der Waals surface area (Å²) < 4.78 is 5.06. The van der Waals surface area contributed by atoms with Crippen LogP contribution in [0, 0.1) is 6.92 Å². The normalized spacial score (nSPS) is 10.4. The van der Waals surface area contributed by atoms with Gasteiger partial charge in [0, 0.05) is 23.3 Å². The molecular formula is C11H11NO2. The first-order valence-corrected chi connectivity index (χ1v) is 4.34. The molecule has 1 aromatic carbocycles. The number of pyridine rings is 1. The Bertz CT molecular complexity index is 480. The van der Waals surface area contributed by atoms with Gasteiger partial charge in [-0.2, -0.15) is 0 Å². The van der Waals surface area contributed by atoms with Crippen LogP contribution in [0.15, 0.2) is 24.5 Å². The zero-order valence-electron chi connectivity index (χ0n) is 8.11. The van der Waals surface area contributed by atoms with Crippen LogP contribution in [0.3, 0.4) is 0 Å². The monoisotopic (exact) mass is 189 g/mol. The predicted octanol–water partition coefficient (Wildman–Crippen LogP) is 2.26. The third-order valence-electron chi connectivity index (χ3n) is 2.35. The van der Waals surface area contributed by atoms with Crippen LogP contribution in [-0.4, -0.2) is 17.2 Å². The summed E-state index contributed by atoms with van der Waals surface area (Å²) in [7, 11) is 1.54. The second kappa shape index (κ2) is 3.18. The van der Waals surface area contributed by atoms with Gasteiger partial charge in [-0.1, -0.05) is 0 Å². The van der Waals surface area contributed by atoms with Gasteiger partial charge in [0.15, 0.2) is 11.5 Å². The smallest absolute Gasteiger partial charge is 0.161 e. The molecule has 0 saturated heterocycles. The molecule has 0 bridgehead atoms. The van der Waals surface area contributed by atoms with Crippen molar-refractivity contribution >= 4 is 10.8 Å². The van der Waals surface area contributed by atoms with Crippen LogP contribution in [0.1, 0.15) is 5.56 Å². The SMILES string of the molecule is COc1cc2ccncc2c(C)c1O. The van der Waals surface area contributed by atoms with Crippen molar-refractivity contribution in [1.29, 1.82) is 0 Å². The molecule has 0 radical (unpaired) electrons. The van der Waals surface area contributed by atoms with Crippen LogP contribution in [0.4, 0.5) is 0 Å². The summed E-state index contributed by atoms with van der Waals surface area (Å²) in [4.78, 5) is 4.02. The van der Waals surface area contributed by atoms with E-state index in [1.165, 1.54) is 0 Å². The van der Waals surface area contributed by atoms with E-state index in [0.717, 1.165) is 16.3 Å². The van der Waals surface area contributed by atoms with E-state index in [-0.39, 0.29) is 5.75 Å². The van der Waals surface area contributed by atoms with Gasteiger partial charge in [0.2, 0.25) is 0 Å². The molecule has 0 aliphatic carbocycles. The first-order chi connectivity index (χ1) is 6.74. The molecule has 0 fully saturated rings. The van der Waals surface area contributed by atoms with Gasteiger partial charge < -0.3 is 9.84 Å². The molecule has 2 aromatic rings. The fourth-order valence-electron chi connectivity index (χ4n) is 1.52. The molecule has 0 aliphatic heterocycles. The summed E-state index contributed by atoms with van der Waals surface area (Å²) >= 11 is 0. The minimum absolute atomic E-state index is 0.188. The van der Waals surface area contributed by atoms with E-state index >= 15 is 0 Å². The van der Waals surface area contributed by atoms with E-state index in [0.29, 0.717) is 5.75 Å². The molecule has 0 aliphatic rings. The van der Waals surface area contributed by atoms with Crippen molar-refractivity contribution in [3.8, 4) is 11.5 Å². The highest BCUT2D eigenvalue weighted by atomic mass is 16.5. The topological polar surface area (TPSA) is 42.4 Å². The number of benzene rings is 1. The third kappa shape index (κ3) is 1.18. The van der Waals surface area contributed by atoms with Crippen LogP contribution in [0.5, 0.6) is 11.5 Å². The Morgan fingerprint density at radius 2 is 2.21 bits per heavy atom. The van der Waals surface area contributed by atoms with E-state index in [2.05, 4.69) is 4.98 Å². The van der Waals surface area contributed by atoms with Gasteiger partial charge in [-0.15, -0.1) is 0 Å². The van der Waals surface area contributed by atoms with Gasteiger partial charge >= 0.3 is 0 Å². The lowest BCUT2D eigenvalue weighted by atomic mass is 10.1. The highest BCUT2D eigenvalue weighted by Crippen LogP contribution is 2.35. The van der Waals surface area contributed by atoms with Gasteiger partial charge in [0.05, 0.1) is 7.11 Å². The summed E-state index contributed by atoms with van der Waals surface area (Å²) in [5, 5.41) is 11.7. The molecule has 1 aromatic heterocycles. The van der Waals surface area contributed by atoms with Crippen molar-refractivity contribution in [1.82, 2.24) is 4.98 Å². The van der Waals surface area contributed by atoms with Gasteiger partial charge in [-0.05, 0) is 24.4 Å². The maximum atomic E-state index is 9.74. The van der Waals surface area contributed by atoms with Crippen LogP contribution in [0.25, 0.3) is 10.8 Å². The summed E-state index contributed by atoms with van der Waals surface area (Å²) in [6, 6.07) is 3.70. The Morgan fingerprint density at radius 1 is 1.43 bits per heavy atom. The molecule has 0 amide bonds.